The van der Waals surface area contributed by atoms with Gasteiger partial charge in [-0.2, -0.15) is 0 Å². The van der Waals surface area contributed by atoms with E-state index >= 15 is 0 Å². The van der Waals surface area contributed by atoms with Crippen molar-refractivity contribution in [1.82, 2.24) is 4.98 Å². The predicted molar refractivity (Wildman–Crippen MR) is 73.9 cm³/mol. The second-order valence-corrected chi connectivity index (χ2v) is 4.50. The molecule has 3 aromatic rings. The summed E-state index contributed by atoms with van der Waals surface area (Å²) >= 11 is 0. The summed E-state index contributed by atoms with van der Waals surface area (Å²) in [4.78, 5) is 13.3. The Kier molecular flexibility index (Phi) is 2.26. The minimum absolute atomic E-state index is 0.546. The lowest BCUT2D eigenvalue weighted by atomic mass is 10.2. The van der Waals surface area contributed by atoms with Crippen molar-refractivity contribution in [3.63, 3.8) is 0 Å². The molecular formula is C15H11N3O2. The molecule has 5 nitrogen and oxygen atoms in total. The van der Waals surface area contributed by atoms with Crippen molar-refractivity contribution in [2.24, 2.45) is 10.1 Å². The maximum absolute atomic E-state index is 5.47. The summed E-state index contributed by atoms with van der Waals surface area (Å²) in [5.41, 5.74) is 1.68. The van der Waals surface area contributed by atoms with E-state index in [0.717, 1.165) is 27.7 Å². The third-order valence-electron chi connectivity index (χ3n) is 3.29. The fourth-order valence-corrected chi connectivity index (χ4v) is 2.29. The number of aromatic amines is 1. The van der Waals surface area contributed by atoms with Crippen LogP contribution in [0.1, 0.15) is 0 Å². The predicted octanol–water partition coefficient (Wildman–Crippen LogP) is 2.05. The topological polar surface area (TPSA) is 59.0 Å². The minimum atomic E-state index is 0.546. The van der Waals surface area contributed by atoms with Crippen LogP contribution in [0.3, 0.4) is 0 Å². The Bertz CT molecular complexity index is 928. The summed E-state index contributed by atoms with van der Waals surface area (Å²) in [7, 11) is 1.64. The monoisotopic (exact) mass is 265 g/mol. The first-order chi connectivity index (χ1) is 9.85. The Morgan fingerprint density at radius 1 is 1.10 bits per heavy atom. The van der Waals surface area contributed by atoms with Crippen LogP contribution in [0.4, 0.5) is 5.69 Å². The van der Waals surface area contributed by atoms with Gasteiger partial charge in [-0.1, -0.05) is 17.3 Å². The maximum atomic E-state index is 5.47. The van der Waals surface area contributed by atoms with E-state index in [1.54, 1.807) is 7.11 Å². The zero-order chi connectivity index (χ0) is 13.5. The smallest absolute Gasteiger partial charge is 0.254 e. The molecule has 2 heterocycles. The number of aromatic nitrogens is 1. The molecule has 1 aromatic heterocycles. The Hall–Kier alpha value is -2.82. The van der Waals surface area contributed by atoms with Crippen LogP contribution >= 0.6 is 0 Å². The first-order valence-electron chi connectivity index (χ1n) is 6.24. The van der Waals surface area contributed by atoms with Crippen molar-refractivity contribution in [2.45, 2.75) is 0 Å². The minimum Gasteiger partial charge on any atom is -0.497 e. The van der Waals surface area contributed by atoms with E-state index < -0.39 is 0 Å². The van der Waals surface area contributed by atoms with Crippen molar-refractivity contribution in [2.75, 3.05) is 7.11 Å². The summed E-state index contributed by atoms with van der Waals surface area (Å²) in [5, 5.41) is 6.56. The molecule has 0 amide bonds. The number of hydrogen-bond acceptors (Lipinski definition) is 4. The average Bonchev–Trinajstić information content (AvgIpc) is 2.72. The van der Waals surface area contributed by atoms with Crippen LogP contribution in [0, 0.1) is 0 Å². The molecule has 98 valence electrons. The molecule has 0 saturated heterocycles. The number of nitrogens with zero attached hydrogens (tertiary/aromatic N) is 2. The fourth-order valence-electron chi connectivity index (χ4n) is 2.29. The standard InChI is InChI=1S/C15H11N3O2/c1-19-9-6-7-11-10(8-9)14-15(17-11)20-18-13-5-3-2-4-12(13)16-14/h2-8,17H,1H3. The summed E-state index contributed by atoms with van der Waals surface area (Å²) in [6.45, 7) is 0. The molecule has 0 saturated carbocycles. The third-order valence-corrected chi connectivity index (χ3v) is 3.29. The molecule has 0 atom stereocenters. The quantitative estimate of drug-likeness (QED) is 0.732. The number of methoxy groups -OCH3 is 1. The number of ether oxygens (including phenoxy) is 1. The van der Waals surface area contributed by atoms with Gasteiger partial charge in [0.05, 0.1) is 18.0 Å². The first-order valence-corrected chi connectivity index (χ1v) is 6.24. The highest BCUT2D eigenvalue weighted by molar-refractivity contribution is 5.95. The zero-order valence-electron chi connectivity index (χ0n) is 10.8. The molecule has 0 unspecified atom stereocenters. The molecule has 0 aliphatic carbocycles. The second kappa shape index (κ2) is 4.09. The molecule has 0 bridgehead atoms. The van der Waals surface area contributed by atoms with Gasteiger partial charge in [0.1, 0.15) is 16.8 Å². The lowest BCUT2D eigenvalue weighted by molar-refractivity contribution is 0.317. The molecule has 1 N–H and O–H groups in total. The van der Waals surface area contributed by atoms with Gasteiger partial charge in [-0.05, 0) is 30.3 Å². The molecule has 20 heavy (non-hydrogen) atoms. The number of fused-ring (bicyclic) bond motifs is 4. The molecular weight excluding hydrogens is 254 g/mol. The van der Waals surface area contributed by atoms with Crippen molar-refractivity contribution in [1.29, 1.82) is 0 Å². The number of hydrogen-bond donors (Lipinski definition) is 1. The molecule has 2 aromatic carbocycles. The van der Waals surface area contributed by atoms with Crippen LogP contribution in [0.5, 0.6) is 11.6 Å². The Morgan fingerprint density at radius 2 is 1.95 bits per heavy atom. The number of nitrogens with one attached hydrogen (secondary N) is 1. The van der Waals surface area contributed by atoms with Crippen molar-refractivity contribution >= 4 is 16.6 Å². The average molecular weight is 265 g/mol. The van der Waals surface area contributed by atoms with Crippen molar-refractivity contribution in [3.05, 3.63) is 53.2 Å². The van der Waals surface area contributed by atoms with Gasteiger partial charge in [-0.3, -0.25) is 0 Å². The molecule has 1 aliphatic heterocycles. The second-order valence-electron chi connectivity index (χ2n) is 4.50. The van der Waals surface area contributed by atoms with E-state index in [-0.39, 0.29) is 0 Å². The Balaban J connectivity index is 2.07. The lowest BCUT2D eigenvalue weighted by Gasteiger charge is -1.98. The molecule has 0 spiro atoms. The molecule has 0 radical (unpaired) electrons. The van der Waals surface area contributed by atoms with Crippen LogP contribution in [0.2, 0.25) is 0 Å². The van der Waals surface area contributed by atoms with E-state index in [0.29, 0.717) is 11.2 Å². The highest BCUT2D eigenvalue weighted by Crippen LogP contribution is 2.37. The van der Waals surface area contributed by atoms with Gasteiger partial charge in [0.25, 0.3) is 5.88 Å². The van der Waals surface area contributed by atoms with Gasteiger partial charge in [0.2, 0.25) is 0 Å². The van der Waals surface area contributed by atoms with Gasteiger partial charge < -0.3 is 14.6 Å². The van der Waals surface area contributed by atoms with Crippen LogP contribution in [0.15, 0.2) is 52.6 Å². The van der Waals surface area contributed by atoms with Crippen LogP contribution in [-0.4, -0.2) is 12.1 Å². The largest absolute Gasteiger partial charge is 0.497 e. The number of benzene rings is 2. The van der Waals surface area contributed by atoms with Gasteiger partial charge >= 0.3 is 0 Å². The highest BCUT2D eigenvalue weighted by Gasteiger charge is 2.15. The highest BCUT2D eigenvalue weighted by atomic mass is 16.6. The maximum Gasteiger partial charge on any atom is 0.254 e. The lowest BCUT2D eigenvalue weighted by Crippen LogP contribution is -2.23. The normalized spacial score (nSPS) is 12.4. The van der Waals surface area contributed by atoms with E-state index in [1.807, 2.05) is 42.5 Å². The first kappa shape index (κ1) is 11.0. The van der Waals surface area contributed by atoms with Crippen LogP contribution in [0.25, 0.3) is 10.9 Å². The van der Waals surface area contributed by atoms with Gasteiger partial charge in [-0.15, -0.1) is 0 Å². The van der Waals surface area contributed by atoms with E-state index in [9.17, 15) is 0 Å². The van der Waals surface area contributed by atoms with E-state index in [1.165, 1.54) is 0 Å². The summed E-state index contributed by atoms with van der Waals surface area (Å²) in [5.74, 6) is 1.33. The van der Waals surface area contributed by atoms with Gasteiger partial charge in [0, 0.05) is 5.39 Å². The number of rotatable bonds is 1. The van der Waals surface area contributed by atoms with Crippen molar-refractivity contribution in [3.8, 4) is 11.6 Å². The van der Waals surface area contributed by atoms with Gasteiger partial charge in [0.15, 0.2) is 0 Å². The fraction of sp³-hybridized carbons (Fsp3) is 0.0667. The number of para-hydroxylation sites is 1. The molecule has 1 aliphatic rings. The van der Waals surface area contributed by atoms with Crippen molar-refractivity contribution < 1.29 is 9.57 Å². The SMILES string of the molecule is COc1ccc2[nH]c3c(c2c1)N=c1ccccc1=NO3. The zero-order valence-corrected chi connectivity index (χ0v) is 10.8. The number of H-pyrrole nitrogens is 1. The van der Waals surface area contributed by atoms with E-state index in [2.05, 4.69) is 15.1 Å². The Labute approximate surface area is 114 Å². The molecule has 5 heteroatoms. The molecule has 0 fully saturated rings. The van der Waals surface area contributed by atoms with Crippen LogP contribution < -0.4 is 20.3 Å². The molecule has 4 rings (SSSR count). The van der Waals surface area contributed by atoms with Crippen LogP contribution in [-0.2, 0) is 0 Å². The summed E-state index contributed by atoms with van der Waals surface area (Å²) < 4.78 is 5.26. The Morgan fingerprint density at radius 3 is 2.80 bits per heavy atom. The third kappa shape index (κ3) is 1.56. The summed E-state index contributed by atoms with van der Waals surface area (Å²) in [6, 6.07) is 13.4. The van der Waals surface area contributed by atoms with Gasteiger partial charge in [-0.25, -0.2) is 4.99 Å². The summed E-state index contributed by atoms with van der Waals surface area (Å²) in [6.07, 6.45) is 0. The van der Waals surface area contributed by atoms with E-state index in [4.69, 9.17) is 9.57 Å².